The summed E-state index contributed by atoms with van der Waals surface area (Å²) in [6.07, 6.45) is 9.29. The number of nitrogens with one attached hydrogen (secondary N) is 1. The Kier molecular flexibility index (Phi) is 2.76. The lowest BCUT2D eigenvalue weighted by atomic mass is 9.89. The van der Waals surface area contributed by atoms with Crippen LogP contribution in [0.15, 0.2) is 18.5 Å². The number of pyridine rings is 1. The molecular weight excluding hydrogens is 220 g/mol. The molecule has 3 rings (SSSR count). The van der Waals surface area contributed by atoms with Crippen molar-refractivity contribution in [1.29, 1.82) is 0 Å². The fourth-order valence-electron chi connectivity index (χ4n) is 3.39. The van der Waals surface area contributed by atoms with Gasteiger partial charge in [0, 0.05) is 18.9 Å². The third-order valence-corrected chi connectivity index (χ3v) is 4.51. The molecule has 0 radical (unpaired) electrons. The zero-order valence-corrected chi connectivity index (χ0v) is 10.1. The van der Waals surface area contributed by atoms with Crippen molar-refractivity contribution in [2.45, 2.75) is 25.7 Å². The van der Waals surface area contributed by atoms with Gasteiger partial charge in [0.05, 0.1) is 10.7 Å². The van der Waals surface area contributed by atoms with Crippen LogP contribution >= 0.6 is 11.6 Å². The van der Waals surface area contributed by atoms with Gasteiger partial charge in [-0.05, 0) is 43.1 Å². The fourth-order valence-corrected chi connectivity index (χ4v) is 3.57. The fraction of sp³-hybridized carbons (Fsp3) is 0.615. The van der Waals surface area contributed by atoms with Crippen LogP contribution in [0.25, 0.3) is 0 Å². The number of aromatic nitrogens is 1. The average Bonchev–Trinajstić information content (AvgIpc) is 2.90. The second kappa shape index (κ2) is 4.25. The number of rotatable bonds is 3. The Hall–Kier alpha value is -0.760. The van der Waals surface area contributed by atoms with Gasteiger partial charge in [-0.1, -0.05) is 18.0 Å². The zero-order valence-electron chi connectivity index (χ0n) is 9.32. The van der Waals surface area contributed by atoms with Gasteiger partial charge >= 0.3 is 0 Å². The normalized spacial score (nSPS) is 31.9. The number of halogens is 1. The highest BCUT2D eigenvalue weighted by Gasteiger charge is 2.38. The van der Waals surface area contributed by atoms with Gasteiger partial charge in [-0.2, -0.15) is 0 Å². The number of hydrogen-bond acceptors (Lipinski definition) is 2. The van der Waals surface area contributed by atoms with E-state index in [9.17, 15) is 0 Å². The molecule has 2 bridgehead atoms. The highest BCUT2D eigenvalue weighted by Crippen LogP contribution is 2.48. The lowest BCUT2D eigenvalue weighted by molar-refractivity contribution is 0.348. The summed E-state index contributed by atoms with van der Waals surface area (Å²) in [5.74, 6) is 2.85. The van der Waals surface area contributed by atoms with Gasteiger partial charge in [0.25, 0.3) is 0 Å². The Labute approximate surface area is 101 Å². The first kappa shape index (κ1) is 10.4. The summed E-state index contributed by atoms with van der Waals surface area (Å²) in [7, 11) is 0. The SMILES string of the molecule is Clc1cnccc1NCC1CC2CCC1C2. The molecule has 0 amide bonds. The summed E-state index contributed by atoms with van der Waals surface area (Å²) < 4.78 is 0. The van der Waals surface area contributed by atoms with Crippen molar-refractivity contribution in [2.24, 2.45) is 17.8 Å². The van der Waals surface area contributed by atoms with Gasteiger partial charge < -0.3 is 5.32 Å². The van der Waals surface area contributed by atoms with E-state index in [1.54, 1.807) is 12.4 Å². The molecule has 2 nitrogen and oxygen atoms in total. The molecule has 1 heterocycles. The average molecular weight is 237 g/mol. The summed E-state index contributed by atoms with van der Waals surface area (Å²) in [4.78, 5) is 3.99. The topological polar surface area (TPSA) is 24.9 Å². The van der Waals surface area contributed by atoms with Crippen molar-refractivity contribution in [2.75, 3.05) is 11.9 Å². The molecule has 3 atom stereocenters. The molecule has 2 saturated carbocycles. The predicted octanol–water partition coefficient (Wildman–Crippen LogP) is 3.58. The van der Waals surface area contributed by atoms with E-state index in [1.807, 2.05) is 6.07 Å². The first-order valence-corrected chi connectivity index (χ1v) is 6.54. The smallest absolute Gasteiger partial charge is 0.0820 e. The van der Waals surface area contributed by atoms with Crippen molar-refractivity contribution in [3.8, 4) is 0 Å². The minimum atomic E-state index is 0.727. The van der Waals surface area contributed by atoms with Crippen LogP contribution in [0.4, 0.5) is 5.69 Å². The van der Waals surface area contributed by atoms with Gasteiger partial charge in [-0.25, -0.2) is 0 Å². The molecule has 3 unspecified atom stereocenters. The summed E-state index contributed by atoms with van der Waals surface area (Å²) in [5, 5.41) is 4.20. The van der Waals surface area contributed by atoms with E-state index in [2.05, 4.69) is 10.3 Å². The number of anilines is 1. The molecule has 16 heavy (non-hydrogen) atoms. The van der Waals surface area contributed by atoms with Crippen LogP contribution in [0.2, 0.25) is 5.02 Å². The Bertz CT molecular complexity index is 380. The van der Waals surface area contributed by atoms with E-state index >= 15 is 0 Å². The lowest BCUT2D eigenvalue weighted by Crippen LogP contribution is -2.20. The van der Waals surface area contributed by atoms with E-state index in [1.165, 1.54) is 25.7 Å². The van der Waals surface area contributed by atoms with Crippen molar-refractivity contribution in [3.63, 3.8) is 0 Å². The van der Waals surface area contributed by atoms with E-state index in [0.29, 0.717) is 0 Å². The predicted molar refractivity (Wildman–Crippen MR) is 66.7 cm³/mol. The summed E-state index contributed by atoms with van der Waals surface area (Å²) in [6.45, 7) is 1.07. The van der Waals surface area contributed by atoms with E-state index < -0.39 is 0 Å². The van der Waals surface area contributed by atoms with E-state index in [4.69, 9.17) is 11.6 Å². The highest BCUT2D eigenvalue weighted by molar-refractivity contribution is 6.33. The maximum Gasteiger partial charge on any atom is 0.0820 e. The molecule has 3 heteroatoms. The van der Waals surface area contributed by atoms with Crippen LogP contribution in [-0.2, 0) is 0 Å². The Morgan fingerprint density at radius 2 is 2.31 bits per heavy atom. The highest BCUT2D eigenvalue weighted by atomic mass is 35.5. The molecule has 0 aromatic carbocycles. The number of nitrogens with zero attached hydrogens (tertiary/aromatic N) is 1. The van der Waals surface area contributed by atoms with Gasteiger partial charge in [-0.15, -0.1) is 0 Å². The molecule has 1 aromatic rings. The third kappa shape index (κ3) is 1.91. The Morgan fingerprint density at radius 3 is 3.00 bits per heavy atom. The van der Waals surface area contributed by atoms with Crippen molar-refractivity contribution in [1.82, 2.24) is 4.98 Å². The molecule has 1 aromatic heterocycles. The van der Waals surface area contributed by atoms with Crippen molar-refractivity contribution < 1.29 is 0 Å². The molecule has 2 fully saturated rings. The number of hydrogen-bond donors (Lipinski definition) is 1. The van der Waals surface area contributed by atoms with Crippen LogP contribution in [0.1, 0.15) is 25.7 Å². The summed E-state index contributed by atoms with van der Waals surface area (Å²) in [5.41, 5.74) is 1.03. The molecular formula is C13H17ClN2. The first-order valence-electron chi connectivity index (χ1n) is 6.16. The maximum absolute atomic E-state index is 6.06. The third-order valence-electron chi connectivity index (χ3n) is 4.21. The second-order valence-corrected chi connectivity index (χ2v) is 5.58. The van der Waals surface area contributed by atoms with Gasteiger partial charge in [0.1, 0.15) is 0 Å². The van der Waals surface area contributed by atoms with E-state index in [0.717, 1.165) is 35.0 Å². The lowest BCUT2D eigenvalue weighted by Gasteiger charge is -2.22. The molecule has 0 aliphatic heterocycles. The molecule has 0 spiro atoms. The number of fused-ring (bicyclic) bond motifs is 2. The Morgan fingerprint density at radius 1 is 1.38 bits per heavy atom. The molecule has 2 aliphatic rings. The standard InChI is InChI=1S/C13H17ClN2/c14-12-8-15-4-3-13(12)16-7-11-6-9-1-2-10(11)5-9/h3-4,8-11H,1-2,5-7H2,(H,15,16). The van der Waals surface area contributed by atoms with Crippen LogP contribution < -0.4 is 5.32 Å². The zero-order chi connectivity index (χ0) is 11.0. The largest absolute Gasteiger partial charge is 0.383 e. The summed E-state index contributed by atoms with van der Waals surface area (Å²) in [6, 6.07) is 1.95. The minimum Gasteiger partial charge on any atom is -0.383 e. The van der Waals surface area contributed by atoms with Crippen LogP contribution in [0, 0.1) is 17.8 Å². The summed E-state index contributed by atoms with van der Waals surface area (Å²) >= 11 is 6.06. The van der Waals surface area contributed by atoms with Crippen LogP contribution in [0.3, 0.4) is 0 Å². The first-order chi connectivity index (χ1) is 7.83. The molecule has 1 N–H and O–H groups in total. The quantitative estimate of drug-likeness (QED) is 0.868. The monoisotopic (exact) mass is 236 g/mol. The minimum absolute atomic E-state index is 0.727. The van der Waals surface area contributed by atoms with E-state index in [-0.39, 0.29) is 0 Å². The maximum atomic E-state index is 6.06. The van der Waals surface area contributed by atoms with Crippen LogP contribution in [-0.4, -0.2) is 11.5 Å². The van der Waals surface area contributed by atoms with Gasteiger partial charge in [-0.3, -0.25) is 4.98 Å². The van der Waals surface area contributed by atoms with Crippen LogP contribution in [0.5, 0.6) is 0 Å². The molecule has 86 valence electrons. The molecule has 2 aliphatic carbocycles. The molecule has 0 saturated heterocycles. The Balaban J connectivity index is 1.59. The van der Waals surface area contributed by atoms with Gasteiger partial charge in [0.15, 0.2) is 0 Å². The van der Waals surface area contributed by atoms with Crippen molar-refractivity contribution in [3.05, 3.63) is 23.5 Å². The van der Waals surface area contributed by atoms with Gasteiger partial charge in [0.2, 0.25) is 0 Å². The van der Waals surface area contributed by atoms with Crippen molar-refractivity contribution >= 4 is 17.3 Å². The second-order valence-electron chi connectivity index (χ2n) is 5.17.